The molecule has 1 atom stereocenters. The molecule has 2 aromatic rings. The SMILES string of the molecule is O=S(=O)(Nc1cccc(Cl)c1)c1ccc(NCC(O)CCl)cc1. The lowest BCUT2D eigenvalue weighted by Gasteiger charge is -2.11. The van der Waals surface area contributed by atoms with Crippen molar-refractivity contribution in [1.82, 2.24) is 0 Å². The number of aliphatic hydroxyl groups is 1. The lowest BCUT2D eigenvalue weighted by molar-refractivity contribution is 0.211. The molecule has 8 heteroatoms. The van der Waals surface area contributed by atoms with Gasteiger partial charge in [0.1, 0.15) is 0 Å². The van der Waals surface area contributed by atoms with Crippen molar-refractivity contribution in [1.29, 1.82) is 0 Å². The summed E-state index contributed by atoms with van der Waals surface area (Å²) in [5.74, 6) is 0.128. The Bertz CT molecular complexity index is 752. The van der Waals surface area contributed by atoms with Gasteiger partial charge in [-0.25, -0.2) is 8.42 Å². The molecule has 0 bridgehead atoms. The second-order valence-corrected chi connectivity index (χ2v) is 7.26. The van der Waals surface area contributed by atoms with Crippen molar-refractivity contribution < 1.29 is 13.5 Å². The Morgan fingerprint density at radius 3 is 2.39 bits per heavy atom. The lowest BCUT2D eigenvalue weighted by Crippen LogP contribution is -2.20. The van der Waals surface area contributed by atoms with E-state index in [4.69, 9.17) is 23.2 Å². The number of hydrogen-bond donors (Lipinski definition) is 3. The van der Waals surface area contributed by atoms with E-state index in [1.807, 2.05) is 0 Å². The smallest absolute Gasteiger partial charge is 0.261 e. The van der Waals surface area contributed by atoms with Gasteiger partial charge in [-0.15, -0.1) is 11.6 Å². The van der Waals surface area contributed by atoms with Crippen molar-refractivity contribution in [3.63, 3.8) is 0 Å². The number of anilines is 2. The molecule has 0 amide bonds. The third kappa shape index (κ3) is 5.28. The predicted octanol–water partition coefficient (Wildman–Crippen LogP) is 3.15. The molecule has 5 nitrogen and oxygen atoms in total. The molecule has 124 valence electrons. The number of hydrogen-bond acceptors (Lipinski definition) is 4. The van der Waals surface area contributed by atoms with Crippen molar-refractivity contribution in [3.05, 3.63) is 53.6 Å². The first-order valence-electron chi connectivity index (χ1n) is 6.77. The van der Waals surface area contributed by atoms with Crippen LogP contribution in [0.4, 0.5) is 11.4 Å². The van der Waals surface area contributed by atoms with Gasteiger partial charge in [0.15, 0.2) is 0 Å². The molecule has 0 aliphatic heterocycles. The Hall–Kier alpha value is -1.47. The quantitative estimate of drug-likeness (QED) is 0.650. The van der Waals surface area contributed by atoms with E-state index in [9.17, 15) is 13.5 Å². The number of nitrogens with one attached hydrogen (secondary N) is 2. The number of benzene rings is 2. The number of aliphatic hydroxyl groups excluding tert-OH is 1. The van der Waals surface area contributed by atoms with E-state index >= 15 is 0 Å². The Morgan fingerprint density at radius 2 is 1.78 bits per heavy atom. The van der Waals surface area contributed by atoms with E-state index in [1.54, 1.807) is 30.3 Å². The standard InChI is InChI=1S/C15H16Cl2N2O3S/c16-9-14(20)10-18-12-4-6-15(7-5-12)23(21,22)19-13-3-1-2-11(17)8-13/h1-8,14,18-20H,9-10H2. The van der Waals surface area contributed by atoms with Crippen molar-refractivity contribution >= 4 is 44.6 Å². The van der Waals surface area contributed by atoms with Gasteiger partial charge in [0, 0.05) is 17.3 Å². The molecule has 0 fully saturated rings. The average molecular weight is 375 g/mol. The summed E-state index contributed by atoms with van der Waals surface area (Å²) in [5.41, 5.74) is 1.08. The Balaban J connectivity index is 2.08. The summed E-state index contributed by atoms with van der Waals surface area (Å²) in [7, 11) is -3.69. The maximum atomic E-state index is 12.3. The van der Waals surface area contributed by atoms with Crippen LogP contribution in [-0.4, -0.2) is 32.1 Å². The van der Waals surface area contributed by atoms with Crippen LogP contribution in [0.1, 0.15) is 0 Å². The van der Waals surface area contributed by atoms with Crippen LogP contribution in [0.2, 0.25) is 5.02 Å². The predicted molar refractivity (Wildman–Crippen MR) is 93.9 cm³/mol. The largest absolute Gasteiger partial charge is 0.390 e. The number of rotatable bonds is 7. The summed E-state index contributed by atoms with van der Waals surface area (Å²) in [6, 6.07) is 12.7. The minimum Gasteiger partial charge on any atom is -0.390 e. The highest BCUT2D eigenvalue weighted by Crippen LogP contribution is 2.20. The van der Waals surface area contributed by atoms with Crippen molar-refractivity contribution in [2.24, 2.45) is 0 Å². The molecule has 0 aliphatic carbocycles. The summed E-state index contributed by atoms with van der Waals surface area (Å²) < 4.78 is 27.1. The van der Waals surface area contributed by atoms with E-state index in [0.29, 0.717) is 16.4 Å². The van der Waals surface area contributed by atoms with E-state index in [1.165, 1.54) is 18.2 Å². The summed E-state index contributed by atoms with van der Waals surface area (Å²) in [4.78, 5) is 0.126. The topological polar surface area (TPSA) is 78.4 Å². The van der Waals surface area contributed by atoms with Crippen molar-refractivity contribution in [2.75, 3.05) is 22.5 Å². The van der Waals surface area contributed by atoms with Crippen molar-refractivity contribution in [2.45, 2.75) is 11.0 Å². The molecule has 2 aromatic carbocycles. The van der Waals surface area contributed by atoms with Gasteiger partial charge in [0.2, 0.25) is 0 Å². The van der Waals surface area contributed by atoms with Gasteiger partial charge in [0.25, 0.3) is 10.0 Å². The Morgan fingerprint density at radius 1 is 1.09 bits per heavy atom. The zero-order valence-electron chi connectivity index (χ0n) is 12.0. The van der Waals surface area contributed by atoms with E-state index in [0.717, 1.165) is 0 Å². The molecule has 1 unspecified atom stereocenters. The molecule has 0 spiro atoms. The van der Waals surface area contributed by atoms with Gasteiger partial charge < -0.3 is 10.4 Å². The number of alkyl halides is 1. The Kier molecular flexibility index (Phi) is 6.12. The van der Waals surface area contributed by atoms with Crippen LogP contribution in [0.5, 0.6) is 0 Å². The summed E-state index contributed by atoms with van der Waals surface area (Å²) in [6.07, 6.45) is -0.662. The van der Waals surface area contributed by atoms with E-state index < -0.39 is 16.1 Å². The molecular weight excluding hydrogens is 359 g/mol. The molecule has 0 heterocycles. The second kappa shape index (κ2) is 7.88. The fraction of sp³-hybridized carbons (Fsp3) is 0.200. The molecule has 23 heavy (non-hydrogen) atoms. The minimum absolute atomic E-state index is 0.126. The lowest BCUT2D eigenvalue weighted by atomic mass is 10.3. The van der Waals surface area contributed by atoms with E-state index in [-0.39, 0.29) is 17.3 Å². The summed E-state index contributed by atoms with van der Waals surface area (Å²) >= 11 is 11.3. The first-order chi connectivity index (χ1) is 10.9. The Labute approximate surface area is 145 Å². The molecule has 0 aliphatic rings. The van der Waals surface area contributed by atoms with Crippen LogP contribution in [0, 0.1) is 0 Å². The normalized spacial score (nSPS) is 12.7. The highest BCUT2D eigenvalue weighted by molar-refractivity contribution is 7.92. The van der Waals surface area contributed by atoms with Crippen LogP contribution < -0.4 is 10.0 Å². The molecule has 0 saturated heterocycles. The van der Waals surface area contributed by atoms with Crippen LogP contribution in [0.25, 0.3) is 0 Å². The molecule has 2 rings (SSSR count). The number of sulfonamides is 1. The monoisotopic (exact) mass is 374 g/mol. The van der Waals surface area contributed by atoms with Crippen molar-refractivity contribution in [3.8, 4) is 0 Å². The maximum Gasteiger partial charge on any atom is 0.261 e. The van der Waals surface area contributed by atoms with Crippen LogP contribution >= 0.6 is 23.2 Å². The van der Waals surface area contributed by atoms with Gasteiger partial charge >= 0.3 is 0 Å². The zero-order valence-corrected chi connectivity index (χ0v) is 14.4. The van der Waals surface area contributed by atoms with Gasteiger partial charge in [-0.3, -0.25) is 4.72 Å². The van der Waals surface area contributed by atoms with Crippen LogP contribution in [0.3, 0.4) is 0 Å². The molecule has 3 N–H and O–H groups in total. The molecular formula is C15H16Cl2N2O3S. The minimum atomic E-state index is -3.69. The molecule has 0 saturated carbocycles. The highest BCUT2D eigenvalue weighted by Gasteiger charge is 2.14. The molecule has 0 radical (unpaired) electrons. The summed E-state index contributed by atoms with van der Waals surface area (Å²) in [6.45, 7) is 0.288. The van der Waals surface area contributed by atoms with E-state index in [2.05, 4.69) is 10.0 Å². The third-order valence-electron chi connectivity index (χ3n) is 2.96. The van der Waals surface area contributed by atoms with Gasteiger partial charge in [0.05, 0.1) is 22.6 Å². The van der Waals surface area contributed by atoms with Gasteiger partial charge in [-0.1, -0.05) is 17.7 Å². The third-order valence-corrected chi connectivity index (χ3v) is 4.95. The second-order valence-electron chi connectivity index (χ2n) is 4.83. The van der Waals surface area contributed by atoms with Crippen LogP contribution in [-0.2, 0) is 10.0 Å². The van der Waals surface area contributed by atoms with Gasteiger partial charge in [-0.05, 0) is 42.5 Å². The first kappa shape index (κ1) is 17.9. The maximum absolute atomic E-state index is 12.3. The zero-order chi connectivity index (χ0) is 16.9. The fourth-order valence-corrected chi connectivity index (χ4v) is 3.16. The average Bonchev–Trinajstić information content (AvgIpc) is 2.52. The first-order valence-corrected chi connectivity index (χ1v) is 9.16. The van der Waals surface area contributed by atoms with Gasteiger partial charge in [-0.2, -0.15) is 0 Å². The van der Waals surface area contributed by atoms with Crippen LogP contribution in [0.15, 0.2) is 53.4 Å². The highest BCUT2D eigenvalue weighted by atomic mass is 35.5. The number of halogens is 2. The fourth-order valence-electron chi connectivity index (χ4n) is 1.81. The summed E-state index contributed by atoms with van der Waals surface area (Å²) in [5, 5.41) is 12.8. The molecule has 0 aromatic heterocycles.